The quantitative estimate of drug-likeness (QED) is 0.448. The normalized spacial score (nSPS) is 10.9. The molecule has 0 aliphatic carbocycles. The van der Waals surface area contributed by atoms with Gasteiger partial charge >= 0.3 is 0 Å². The van der Waals surface area contributed by atoms with Crippen LogP contribution in [0.2, 0.25) is 5.28 Å². The van der Waals surface area contributed by atoms with Crippen LogP contribution in [0, 0.1) is 0 Å². The monoisotopic (exact) mass is 395 g/mol. The highest BCUT2D eigenvalue weighted by Gasteiger charge is 2.14. The molecule has 4 rings (SSSR count). The number of nitrogens with zero attached hydrogens (tertiary/aromatic N) is 2. The number of primary amides is 1. The van der Waals surface area contributed by atoms with Crippen LogP contribution in [-0.2, 0) is 6.54 Å². The zero-order valence-electron chi connectivity index (χ0n) is 14.4. The molecule has 0 unspecified atom stereocenters. The number of aromatic nitrogens is 3. The summed E-state index contributed by atoms with van der Waals surface area (Å²) in [5.74, 6) is -0.382. The van der Waals surface area contributed by atoms with Crippen molar-refractivity contribution in [3.05, 3.63) is 71.1 Å². The molecule has 0 saturated carbocycles. The summed E-state index contributed by atoms with van der Waals surface area (Å²) in [6.07, 6.45) is 3.20. The largest absolute Gasteiger partial charge is 0.458 e. The Morgan fingerprint density at radius 3 is 2.89 bits per heavy atom. The van der Waals surface area contributed by atoms with E-state index in [0.29, 0.717) is 33.9 Å². The van der Waals surface area contributed by atoms with E-state index in [9.17, 15) is 9.59 Å². The highest BCUT2D eigenvalue weighted by atomic mass is 35.5. The summed E-state index contributed by atoms with van der Waals surface area (Å²) in [6, 6.07) is 10.2. The molecule has 3 heterocycles. The van der Waals surface area contributed by atoms with Crippen LogP contribution in [0.15, 0.2) is 53.2 Å². The third-order valence-corrected chi connectivity index (χ3v) is 4.32. The maximum Gasteiger partial charge on any atom is 0.268 e. The Kier molecular flexibility index (Phi) is 4.54. The van der Waals surface area contributed by atoms with Gasteiger partial charge in [-0.2, -0.15) is 0 Å². The number of benzene rings is 1. The Labute approximate surface area is 163 Å². The third-order valence-electron chi connectivity index (χ3n) is 4.13. The van der Waals surface area contributed by atoms with Crippen LogP contribution < -0.4 is 11.1 Å². The molecule has 8 nitrogen and oxygen atoms in total. The number of aromatic amines is 1. The molecule has 0 bridgehead atoms. The van der Waals surface area contributed by atoms with E-state index in [-0.39, 0.29) is 17.7 Å². The molecule has 4 N–H and O–H groups in total. The van der Waals surface area contributed by atoms with Crippen LogP contribution in [-0.4, -0.2) is 26.8 Å². The second kappa shape index (κ2) is 7.16. The summed E-state index contributed by atoms with van der Waals surface area (Å²) in [6.45, 7) is 0.152. The van der Waals surface area contributed by atoms with E-state index in [1.54, 1.807) is 48.8 Å². The van der Waals surface area contributed by atoms with Gasteiger partial charge in [0.15, 0.2) is 0 Å². The van der Waals surface area contributed by atoms with Crippen LogP contribution in [0.1, 0.15) is 26.6 Å². The highest BCUT2D eigenvalue weighted by molar-refractivity contribution is 6.28. The number of fused-ring (bicyclic) bond motifs is 1. The first-order valence-corrected chi connectivity index (χ1v) is 8.66. The molecule has 2 amide bonds. The van der Waals surface area contributed by atoms with Gasteiger partial charge in [-0.1, -0.05) is 12.1 Å². The van der Waals surface area contributed by atoms with Crippen molar-refractivity contribution in [2.75, 3.05) is 0 Å². The van der Waals surface area contributed by atoms with Crippen molar-refractivity contribution in [2.24, 2.45) is 5.73 Å². The smallest absolute Gasteiger partial charge is 0.268 e. The molecule has 0 radical (unpaired) electrons. The van der Waals surface area contributed by atoms with Gasteiger partial charge in [-0.15, -0.1) is 0 Å². The van der Waals surface area contributed by atoms with Crippen molar-refractivity contribution in [2.45, 2.75) is 6.54 Å². The van der Waals surface area contributed by atoms with Gasteiger partial charge in [0.05, 0.1) is 17.8 Å². The lowest BCUT2D eigenvalue weighted by atomic mass is 10.1. The maximum absolute atomic E-state index is 12.4. The van der Waals surface area contributed by atoms with E-state index < -0.39 is 5.91 Å². The Morgan fingerprint density at radius 2 is 2.11 bits per heavy atom. The average molecular weight is 396 g/mol. The number of halogens is 1. The predicted octanol–water partition coefficient (Wildman–Crippen LogP) is 2.90. The van der Waals surface area contributed by atoms with Gasteiger partial charge in [-0.25, -0.2) is 9.97 Å². The minimum atomic E-state index is -0.570. The van der Waals surface area contributed by atoms with Crippen LogP contribution in [0.25, 0.3) is 22.2 Å². The Morgan fingerprint density at radius 1 is 1.25 bits per heavy atom. The average Bonchev–Trinajstić information content (AvgIpc) is 3.32. The molecule has 0 aliphatic heterocycles. The molecule has 9 heteroatoms. The molecule has 140 valence electrons. The summed E-state index contributed by atoms with van der Waals surface area (Å²) in [4.78, 5) is 34.7. The number of carbonyl (C=O) groups excluding carboxylic acids is 2. The molecule has 0 saturated heterocycles. The zero-order chi connectivity index (χ0) is 19.7. The second-order valence-corrected chi connectivity index (χ2v) is 6.33. The van der Waals surface area contributed by atoms with Gasteiger partial charge < -0.3 is 20.5 Å². The first-order valence-electron chi connectivity index (χ1n) is 8.28. The molecule has 3 aromatic heterocycles. The lowest BCUT2D eigenvalue weighted by Gasteiger charge is -2.01. The fourth-order valence-electron chi connectivity index (χ4n) is 2.83. The molecule has 1 aromatic carbocycles. The minimum Gasteiger partial charge on any atom is -0.458 e. The Hall–Kier alpha value is -3.65. The summed E-state index contributed by atoms with van der Waals surface area (Å²) in [5, 5.41) is 3.63. The fourth-order valence-corrected chi connectivity index (χ4v) is 2.98. The van der Waals surface area contributed by atoms with Crippen LogP contribution >= 0.6 is 11.6 Å². The third kappa shape index (κ3) is 3.45. The van der Waals surface area contributed by atoms with Gasteiger partial charge in [0.2, 0.25) is 5.28 Å². The molecular weight excluding hydrogens is 382 g/mol. The molecule has 0 fully saturated rings. The highest BCUT2D eigenvalue weighted by Crippen LogP contribution is 2.23. The van der Waals surface area contributed by atoms with Crippen LogP contribution in [0.4, 0.5) is 0 Å². The molecule has 0 atom stereocenters. The second-order valence-electron chi connectivity index (χ2n) is 6.00. The van der Waals surface area contributed by atoms with Crippen LogP contribution in [0.5, 0.6) is 0 Å². The van der Waals surface area contributed by atoms with Crippen molar-refractivity contribution >= 4 is 34.4 Å². The molecular formula is C19H14ClN5O3. The molecule has 4 aromatic rings. The Balaban J connectivity index is 1.48. The first-order chi connectivity index (χ1) is 13.5. The first kappa shape index (κ1) is 17.7. The number of rotatable bonds is 5. The predicted molar refractivity (Wildman–Crippen MR) is 103 cm³/mol. The summed E-state index contributed by atoms with van der Waals surface area (Å²) < 4.78 is 5.68. The number of hydrogen-bond donors (Lipinski definition) is 3. The van der Waals surface area contributed by atoms with Gasteiger partial charge in [0, 0.05) is 23.3 Å². The number of carbonyl (C=O) groups is 2. The molecule has 0 spiro atoms. The van der Waals surface area contributed by atoms with Crippen LogP contribution in [0.3, 0.4) is 0 Å². The van der Waals surface area contributed by atoms with E-state index in [1.807, 2.05) is 0 Å². The standard InChI is InChI=1S/C19H14ClN5O3/c20-19-22-5-4-14(25-19)11-7-15(23-8-11)18(27)24-9-12-6-10-2-1-3-13(17(21)26)16(10)28-12/h1-8,23H,9H2,(H2,21,26)(H,24,27). The van der Waals surface area contributed by atoms with Crippen molar-refractivity contribution in [3.8, 4) is 11.3 Å². The number of para-hydroxylation sites is 1. The van der Waals surface area contributed by atoms with E-state index in [2.05, 4.69) is 20.3 Å². The van der Waals surface area contributed by atoms with Gasteiger partial charge in [0.25, 0.3) is 11.8 Å². The summed E-state index contributed by atoms with van der Waals surface area (Å²) in [5.41, 5.74) is 7.74. The number of nitrogens with one attached hydrogen (secondary N) is 2. The number of hydrogen-bond acceptors (Lipinski definition) is 5. The lowest BCUT2D eigenvalue weighted by molar-refractivity contribution is 0.0942. The molecule has 0 aliphatic rings. The minimum absolute atomic E-state index is 0.130. The summed E-state index contributed by atoms with van der Waals surface area (Å²) in [7, 11) is 0. The maximum atomic E-state index is 12.4. The molecule has 28 heavy (non-hydrogen) atoms. The topological polar surface area (TPSA) is 127 Å². The van der Waals surface area contributed by atoms with Gasteiger partial charge in [-0.3, -0.25) is 9.59 Å². The lowest BCUT2D eigenvalue weighted by Crippen LogP contribution is -2.22. The fraction of sp³-hybridized carbons (Fsp3) is 0.0526. The SMILES string of the molecule is NC(=O)c1cccc2cc(CNC(=O)c3cc(-c4ccnc(Cl)n4)c[nH]3)oc12. The zero-order valence-corrected chi connectivity index (χ0v) is 15.2. The van der Waals surface area contributed by atoms with Gasteiger partial charge in [0.1, 0.15) is 17.0 Å². The number of furan rings is 1. The van der Waals surface area contributed by atoms with Crippen molar-refractivity contribution < 1.29 is 14.0 Å². The summed E-state index contributed by atoms with van der Waals surface area (Å²) >= 11 is 5.79. The van der Waals surface area contributed by atoms with E-state index in [4.69, 9.17) is 21.8 Å². The van der Waals surface area contributed by atoms with E-state index >= 15 is 0 Å². The Bertz CT molecular complexity index is 1200. The van der Waals surface area contributed by atoms with Crippen molar-refractivity contribution in [3.63, 3.8) is 0 Å². The van der Waals surface area contributed by atoms with Gasteiger partial charge in [-0.05, 0) is 35.9 Å². The van der Waals surface area contributed by atoms with Crippen molar-refractivity contribution in [1.82, 2.24) is 20.3 Å². The van der Waals surface area contributed by atoms with Crippen molar-refractivity contribution in [1.29, 1.82) is 0 Å². The van der Waals surface area contributed by atoms with E-state index in [0.717, 1.165) is 5.39 Å². The number of nitrogens with two attached hydrogens (primary N) is 1. The van der Waals surface area contributed by atoms with E-state index in [1.165, 1.54) is 0 Å². The number of amides is 2. The number of H-pyrrole nitrogens is 1.